The van der Waals surface area contributed by atoms with Crippen LogP contribution < -0.4 is 11.1 Å². The lowest BCUT2D eigenvalue weighted by Gasteiger charge is -2.37. The zero-order valence-electron chi connectivity index (χ0n) is 10.7. The third-order valence-electron chi connectivity index (χ3n) is 4.32. The maximum atomic E-state index is 12.2. The molecule has 17 heavy (non-hydrogen) atoms. The number of amides is 1. The van der Waals surface area contributed by atoms with Crippen LogP contribution in [0.3, 0.4) is 0 Å². The molecule has 0 aliphatic heterocycles. The van der Waals surface area contributed by atoms with Gasteiger partial charge < -0.3 is 15.8 Å². The predicted octanol–water partition coefficient (Wildman–Crippen LogP) is 1.05. The molecule has 2 atom stereocenters. The summed E-state index contributed by atoms with van der Waals surface area (Å²) in [6.07, 6.45) is 6.77. The molecule has 0 aromatic heterocycles. The van der Waals surface area contributed by atoms with Gasteiger partial charge in [-0.25, -0.2) is 0 Å². The van der Waals surface area contributed by atoms with Gasteiger partial charge in [-0.3, -0.25) is 4.79 Å². The maximum absolute atomic E-state index is 12.2. The molecule has 1 amide bonds. The van der Waals surface area contributed by atoms with E-state index in [0.717, 1.165) is 25.7 Å². The molecule has 0 saturated heterocycles. The van der Waals surface area contributed by atoms with Crippen molar-refractivity contribution in [3.63, 3.8) is 0 Å². The van der Waals surface area contributed by atoms with Gasteiger partial charge in [0.25, 0.3) is 0 Å². The molecule has 0 bridgehead atoms. The Morgan fingerprint density at radius 1 is 1.35 bits per heavy atom. The molecule has 2 fully saturated rings. The van der Waals surface area contributed by atoms with Gasteiger partial charge in [-0.15, -0.1) is 0 Å². The minimum Gasteiger partial charge on any atom is -0.381 e. The average Bonchev–Trinajstić information content (AvgIpc) is 2.32. The van der Waals surface area contributed by atoms with Crippen molar-refractivity contribution in [3.8, 4) is 0 Å². The number of rotatable bonds is 4. The van der Waals surface area contributed by atoms with E-state index in [-0.39, 0.29) is 11.8 Å². The van der Waals surface area contributed by atoms with Crippen LogP contribution in [0.15, 0.2) is 0 Å². The quantitative estimate of drug-likeness (QED) is 0.772. The summed E-state index contributed by atoms with van der Waals surface area (Å²) in [5.41, 5.74) is 5.75. The summed E-state index contributed by atoms with van der Waals surface area (Å²) in [5, 5.41) is 3.14. The highest BCUT2D eigenvalue weighted by molar-refractivity contribution is 5.79. The molecule has 2 aliphatic rings. The Hall–Kier alpha value is -0.610. The highest BCUT2D eigenvalue weighted by Gasteiger charge is 2.35. The Balaban J connectivity index is 1.78. The van der Waals surface area contributed by atoms with Gasteiger partial charge in [0, 0.05) is 19.1 Å². The molecule has 98 valence electrons. The third kappa shape index (κ3) is 2.99. The molecule has 0 spiro atoms. The van der Waals surface area contributed by atoms with Crippen LogP contribution >= 0.6 is 0 Å². The van der Waals surface area contributed by atoms with Crippen LogP contribution in [0.4, 0.5) is 0 Å². The number of carbonyl (C=O) groups is 1. The number of hydrogen-bond acceptors (Lipinski definition) is 3. The lowest BCUT2D eigenvalue weighted by molar-refractivity contribution is -0.130. The van der Waals surface area contributed by atoms with Crippen LogP contribution in [0.25, 0.3) is 0 Å². The molecule has 3 N–H and O–H groups in total. The summed E-state index contributed by atoms with van der Waals surface area (Å²) in [6.45, 7) is 0.642. The van der Waals surface area contributed by atoms with E-state index < -0.39 is 0 Å². The van der Waals surface area contributed by atoms with Gasteiger partial charge in [0.05, 0.1) is 6.10 Å². The Morgan fingerprint density at radius 2 is 2.06 bits per heavy atom. The van der Waals surface area contributed by atoms with Crippen molar-refractivity contribution in [1.29, 1.82) is 0 Å². The van der Waals surface area contributed by atoms with E-state index in [9.17, 15) is 4.79 Å². The van der Waals surface area contributed by atoms with E-state index in [4.69, 9.17) is 10.5 Å². The van der Waals surface area contributed by atoms with Crippen molar-refractivity contribution >= 4 is 5.91 Å². The normalized spacial score (nSPS) is 37.3. The molecule has 2 saturated carbocycles. The Bertz CT molecular complexity index is 264. The largest absolute Gasteiger partial charge is 0.381 e. The van der Waals surface area contributed by atoms with Crippen LogP contribution in [-0.4, -0.2) is 31.7 Å². The van der Waals surface area contributed by atoms with Gasteiger partial charge in [0.2, 0.25) is 5.91 Å². The van der Waals surface area contributed by atoms with Crippen molar-refractivity contribution < 1.29 is 9.53 Å². The van der Waals surface area contributed by atoms with Crippen LogP contribution in [0.5, 0.6) is 0 Å². The SMILES string of the molecule is COC1CC(NC(=O)C2CCCCC2CN)C1. The molecular formula is C13H24N2O2. The summed E-state index contributed by atoms with van der Waals surface area (Å²) in [4.78, 5) is 12.2. The van der Waals surface area contributed by atoms with Crippen LogP contribution in [0, 0.1) is 11.8 Å². The van der Waals surface area contributed by atoms with Crippen LogP contribution in [-0.2, 0) is 9.53 Å². The molecule has 2 rings (SSSR count). The number of carbonyl (C=O) groups excluding carboxylic acids is 1. The van der Waals surface area contributed by atoms with Gasteiger partial charge in [0.1, 0.15) is 0 Å². The fraction of sp³-hybridized carbons (Fsp3) is 0.923. The topological polar surface area (TPSA) is 64.3 Å². The van der Waals surface area contributed by atoms with E-state index in [2.05, 4.69) is 5.32 Å². The highest BCUT2D eigenvalue weighted by atomic mass is 16.5. The molecular weight excluding hydrogens is 216 g/mol. The van der Waals surface area contributed by atoms with Gasteiger partial charge in [-0.05, 0) is 38.1 Å². The second-order valence-corrected chi connectivity index (χ2v) is 5.42. The van der Waals surface area contributed by atoms with Crippen LogP contribution in [0.1, 0.15) is 38.5 Å². The van der Waals surface area contributed by atoms with E-state index in [1.165, 1.54) is 12.8 Å². The summed E-state index contributed by atoms with van der Waals surface area (Å²) in [6, 6.07) is 0.327. The maximum Gasteiger partial charge on any atom is 0.223 e. The van der Waals surface area contributed by atoms with E-state index in [1.807, 2.05) is 0 Å². The molecule has 2 aliphatic carbocycles. The van der Waals surface area contributed by atoms with Crippen molar-refractivity contribution in [2.45, 2.75) is 50.7 Å². The molecule has 0 radical (unpaired) electrons. The first-order chi connectivity index (χ1) is 8.24. The Morgan fingerprint density at radius 3 is 2.71 bits per heavy atom. The lowest BCUT2D eigenvalue weighted by atomic mass is 9.78. The van der Waals surface area contributed by atoms with E-state index >= 15 is 0 Å². The lowest BCUT2D eigenvalue weighted by Crippen LogP contribution is -2.50. The summed E-state index contributed by atoms with van der Waals surface area (Å²) >= 11 is 0. The summed E-state index contributed by atoms with van der Waals surface area (Å²) < 4.78 is 5.21. The monoisotopic (exact) mass is 240 g/mol. The van der Waals surface area contributed by atoms with Gasteiger partial charge in [0.15, 0.2) is 0 Å². The first kappa shape index (κ1) is 12.8. The number of ether oxygens (including phenoxy) is 1. The summed E-state index contributed by atoms with van der Waals surface area (Å²) in [7, 11) is 1.73. The average molecular weight is 240 g/mol. The van der Waals surface area contributed by atoms with Gasteiger partial charge in [-0.2, -0.15) is 0 Å². The fourth-order valence-corrected chi connectivity index (χ4v) is 3.02. The first-order valence-corrected chi connectivity index (χ1v) is 6.77. The zero-order chi connectivity index (χ0) is 12.3. The first-order valence-electron chi connectivity index (χ1n) is 6.77. The standard InChI is InChI=1S/C13H24N2O2/c1-17-11-6-10(7-11)15-13(16)12-5-3-2-4-9(12)8-14/h9-12H,2-8,14H2,1H3,(H,15,16). The fourth-order valence-electron chi connectivity index (χ4n) is 3.02. The van der Waals surface area contributed by atoms with E-state index in [0.29, 0.717) is 24.6 Å². The van der Waals surface area contributed by atoms with Crippen LogP contribution in [0.2, 0.25) is 0 Å². The predicted molar refractivity (Wildman–Crippen MR) is 66.5 cm³/mol. The smallest absolute Gasteiger partial charge is 0.223 e. The molecule has 4 nitrogen and oxygen atoms in total. The number of nitrogens with two attached hydrogens (primary N) is 1. The van der Waals surface area contributed by atoms with Crippen molar-refractivity contribution in [2.24, 2.45) is 17.6 Å². The Kier molecular flexibility index (Phi) is 4.40. The Labute approximate surface area is 103 Å². The minimum atomic E-state index is 0.148. The third-order valence-corrected chi connectivity index (χ3v) is 4.32. The molecule has 0 heterocycles. The second kappa shape index (κ2) is 5.83. The van der Waals surface area contributed by atoms with Gasteiger partial charge >= 0.3 is 0 Å². The van der Waals surface area contributed by atoms with Crippen molar-refractivity contribution in [1.82, 2.24) is 5.32 Å². The minimum absolute atomic E-state index is 0.148. The summed E-state index contributed by atoms with van der Waals surface area (Å²) in [5.74, 6) is 0.761. The molecule has 2 unspecified atom stereocenters. The number of methoxy groups -OCH3 is 1. The van der Waals surface area contributed by atoms with Gasteiger partial charge in [-0.1, -0.05) is 12.8 Å². The second-order valence-electron chi connectivity index (χ2n) is 5.42. The molecule has 0 aromatic rings. The number of hydrogen-bond donors (Lipinski definition) is 2. The van der Waals surface area contributed by atoms with Crippen molar-refractivity contribution in [2.75, 3.05) is 13.7 Å². The zero-order valence-corrected chi connectivity index (χ0v) is 10.7. The van der Waals surface area contributed by atoms with Crippen molar-refractivity contribution in [3.05, 3.63) is 0 Å². The van der Waals surface area contributed by atoms with E-state index in [1.54, 1.807) is 7.11 Å². The molecule has 0 aromatic carbocycles. The molecule has 4 heteroatoms. The highest BCUT2D eigenvalue weighted by Crippen LogP contribution is 2.30. The number of nitrogens with one attached hydrogen (secondary N) is 1.